The van der Waals surface area contributed by atoms with Crippen molar-refractivity contribution in [1.29, 1.82) is 0 Å². The zero-order valence-electron chi connectivity index (χ0n) is 11.7. The number of hydrogen-bond donors (Lipinski definition) is 1. The van der Waals surface area contributed by atoms with Crippen LogP contribution in [-0.2, 0) is 4.74 Å². The Morgan fingerprint density at radius 3 is 3.05 bits per heavy atom. The lowest BCUT2D eigenvalue weighted by atomic mass is 10.1. The number of anilines is 1. The van der Waals surface area contributed by atoms with Crippen molar-refractivity contribution in [2.75, 3.05) is 31.1 Å². The van der Waals surface area contributed by atoms with Crippen LogP contribution in [0.1, 0.15) is 6.42 Å². The molecule has 0 radical (unpaired) electrons. The first kappa shape index (κ1) is 15.7. The van der Waals surface area contributed by atoms with Gasteiger partial charge in [0, 0.05) is 38.2 Å². The number of nitrogens with one attached hydrogen (secondary N) is 1. The second kappa shape index (κ2) is 6.52. The summed E-state index contributed by atoms with van der Waals surface area (Å²) in [5.41, 5.74) is 0.566. The Morgan fingerprint density at radius 1 is 1.45 bits per heavy atom. The number of benzene rings is 1. The van der Waals surface area contributed by atoms with Crippen LogP contribution in [0.25, 0.3) is 0 Å². The van der Waals surface area contributed by atoms with Crippen LogP contribution in [0.2, 0.25) is 5.02 Å². The van der Waals surface area contributed by atoms with E-state index in [-0.39, 0.29) is 17.7 Å². The largest absolute Gasteiger partial charge is 0.484 e. The molecule has 2 heterocycles. The molecule has 0 aliphatic carbocycles. The Labute approximate surface area is 131 Å². The summed E-state index contributed by atoms with van der Waals surface area (Å²) in [4.78, 5) is 2.02. The SMILES string of the molecule is Fc1cc(Cl)c2c(c1)N1CCNC[C@H]1C[C@@H](COC(F)F)O2. The maximum atomic E-state index is 13.7. The van der Waals surface area contributed by atoms with Crippen LogP contribution in [0.5, 0.6) is 5.75 Å². The standard InChI is InChI=1S/C14H16ClF3N2O2/c15-11-3-8(16)4-12-13(11)22-10(7-21-14(17)18)5-9-6-19-1-2-20(9)12/h3-4,9-10,14,19H,1-2,5-7H2/t9-,10+/m1/s1. The van der Waals surface area contributed by atoms with E-state index in [9.17, 15) is 13.2 Å². The molecule has 0 spiro atoms. The van der Waals surface area contributed by atoms with Crippen LogP contribution in [0, 0.1) is 5.82 Å². The molecule has 1 saturated heterocycles. The van der Waals surface area contributed by atoms with Crippen LogP contribution in [0.4, 0.5) is 18.9 Å². The first-order valence-corrected chi connectivity index (χ1v) is 7.45. The van der Waals surface area contributed by atoms with Gasteiger partial charge in [0.25, 0.3) is 0 Å². The van der Waals surface area contributed by atoms with E-state index >= 15 is 0 Å². The lowest BCUT2D eigenvalue weighted by Crippen LogP contribution is -2.52. The van der Waals surface area contributed by atoms with Gasteiger partial charge in [-0.1, -0.05) is 11.6 Å². The van der Waals surface area contributed by atoms with E-state index in [1.54, 1.807) is 0 Å². The van der Waals surface area contributed by atoms with E-state index in [2.05, 4.69) is 10.1 Å². The van der Waals surface area contributed by atoms with Gasteiger partial charge in [-0.05, 0) is 6.07 Å². The third-order valence-corrected chi connectivity index (χ3v) is 4.16. The van der Waals surface area contributed by atoms with Crippen LogP contribution >= 0.6 is 11.6 Å². The van der Waals surface area contributed by atoms with Gasteiger partial charge in [0.1, 0.15) is 11.9 Å². The highest BCUT2D eigenvalue weighted by Gasteiger charge is 2.34. The predicted molar refractivity (Wildman–Crippen MR) is 76.4 cm³/mol. The molecule has 8 heteroatoms. The zero-order valence-corrected chi connectivity index (χ0v) is 12.5. The summed E-state index contributed by atoms with van der Waals surface area (Å²) in [6, 6.07) is 2.54. The number of halogens is 4. The third kappa shape index (κ3) is 3.26. The molecule has 0 unspecified atom stereocenters. The van der Waals surface area contributed by atoms with Gasteiger partial charge < -0.3 is 19.7 Å². The van der Waals surface area contributed by atoms with Crippen molar-refractivity contribution < 1.29 is 22.6 Å². The van der Waals surface area contributed by atoms with E-state index in [0.29, 0.717) is 30.9 Å². The molecule has 2 atom stereocenters. The zero-order chi connectivity index (χ0) is 15.7. The van der Waals surface area contributed by atoms with Crippen LogP contribution in [0.3, 0.4) is 0 Å². The summed E-state index contributed by atoms with van der Waals surface area (Å²) in [5, 5.41) is 3.38. The molecule has 0 aromatic heterocycles. The van der Waals surface area contributed by atoms with Gasteiger partial charge in [0.05, 0.1) is 17.3 Å². The summed E-state index contributed by atoms with van der Waals surface area (Å²) < 4.78 is 48.4. The second-order valence-electron chi connectivity index (χ2n) is 5.36. The highest BCUT2D eigenvalue weighted by atomic mass is 35.5. The third-order valence-electron chi connectivity index (χ3n) is 3.88. The fraction of sp³-hybridized carbons (Fsp3) is 0.571. The number of nitrogens with zero attached hydrogens (tertiary/aromatic N) is 1. The maximum Gasteiger partial charge on any atom is 0.345 e. The topological polar surface area (TPSA) is 33.7 Å². The summed E-state index contributed by atoms with van der Waals surface area (Å²) in [7, 11) is 0. The van der Waals surface area contributed by atoms with Crippen molar-refractivity contribution >= 4 is 17.3 Å². The van der Waals surface area contributed by atoms with E-state index in [1.165, 1.54) is 6.07 Å². The molecule has 1 aromatic carbocycles. The minimum Gasteiger partial charge on any atom is -0.484 e. The first-order valence-electron chi connectivity index (χ1n) is 7.07. The van der Waals surface area contributed by atoms with Gasteiger partial charge in [0.2, 0.25) is 0 Å². The monoisotopic (exact) mass is 336 g/mol. The van der Waals surface area contributed by atoms with Crippen molar-refractivity contribution in [2.24, 2.45) is 0 Å². The van der Waals surface area contributed by atoms with E-state index in [4.69, 9.17) is 16.3 Å². The van der Waals surface area contributed by atoms with Crippen LogP contribution in [0.15, 0.2) is 12.1 Å². The Hall–Kier alpha value is -1.18. The molecule has 22 heavy (non-hydrogen) atoms. The quantitative estimate of drug-likeness (QED) is 0.920. The van der Waals surface area contributed by atoms with E-state index in [1.807, 2.05) is 4.90 Å². The summed E-state index contributed by atoms with van der Waals surface area (Å²) >= 11 is 6.08. The molecular weight excluding hydrogens is 321 g/mol. The highest BCUT2D eigenvalue weighted by molar-refractivity contribution is 6.32. The number of piperazine rings is 1. The lowest BCUT2D eigenvalue weighted by molar-refractivity contribution is -0.145. The molecule has 0 saturated carbocycles. The molecule has 1 aromatic rings. The van der Waals surface area contributed by atoms with Gasteiger partial charge >= 0.3 is 6.61 Å². The molecular formula is C14H16ClF3N2O2. The van der Waals surface area contributed by atoms with Gasteiger partial charge in [-0.2, -0.15) is 8.78 Å². The molecule has 122 valence electrons. The normalized spacial score (nSPS) is 24.5. The molecule has 0 amide bonds. The van der Waals surface area contributed by atoms with Gasteiger partial charge in [-0.15, -0.1) is 0 Å². The number of ether oxygens (including phenoxy) is 2. The minimum absolute atomic E-state index is 0.0131. The van der Waals surface area contributed by atoms with Crippen LogP contribution in [-0.4, -0.2) is 45.0 Å². The summed E-state index contributed by atoms with van der Waals surface area (Å²) in [5.74, 6) is -0.123. The van der Waals surface area contributed by atoms with Crippen molar-refractivity contribution in [2.45, 2.75) is 25.2 Å². The molecule has 1 fully saturated rings. The van der Waals surface area contributed by atoms with E-state index in [0.717, 1.165) is 12.6 Å². The van der Waals surface area contributed by atoms with E-state index < -0.39 is 18.5 Å². The smallest absolute Gasteiger partial charge is 0.345 e. The second-order valence-corrected chi connectivity index (χ2v) is 5.76. The van der Waals surface area contributed by atoms with Gasteiger partial charge in [0.15, 0.2) is 5.75 Å². The Balaban J connectivity index is 1.92. The molecule has 2 aliphatic rings. The van der Waals surface area contributed by atoms with Gasteiger partial charge in [-0.25, -0.2) is 4.39 Å². The average molecular weight is 337 g/mol. The Morgan fingerprint density at radius 2 is 2.27 bits per heavy atom. The minimum atomic E-state index is -2.85. The maximum absolute atomic E-state index is 13.7. The highest BCUT2D eigenvalue weighted by Crippen LogP contribution is 2.41. The molecule has 2 aliphatic heterocycles. The van der Waals surface area contributed by atoms with Crippen molar-refractivity contribution in [3.63, 3.8) is 0 Å². The average Bonchev–Trinajstić information content (AvgIpc) is 2.62. The Kier molecular flexibility index (Phi) is 4.65. The molecule has 4 nitrogen and oxygen atoms in total. The number of fused-ring (bicyclic) bond motifs is 3. The fourth-order valence-corrected chi connectivity index (χ4v) is 3.21. The van der Waals surface area contributed by atoms with Crippen LogP contribution < -0.4 is 15.0 Å². The van der Waals surface area contributed by atoms with Gasteiger partial charge in [-0.3, -0.25) is 0 Å². The first-order chi connectivity index (χ1) is 10.5. The predicted octanol–water partition coefficient (Wildman–Crippen LogP) is 2.65. The molecule has 1 N–H and O–H groups in total. The number of hydrogen-bond acceptors (Lipinski definition) is 4. The fourth-order valence-electron chi connectivity index (χ4n) is 2.97. The lowest BCUT2D eigenvalue weighted by Gasteiger charge is -2.37. The van der Waals surface area contributed by atoms with Crippen molar-refractivity contribution in [3.05, 3.63) is 23.0 Å². The number of rotatable bonds is 3. The van der Waals surface area contributed by atoms with Crippen molar-refractivity contribution in [3.8, 4) is 5.75 Å². The number of alkyl halides is 2. The summed E-state index contributed by atoms with van der Waals surface area (Å²) in [6.07, 6.45) is -0.0718. The Bertz CT molecular complexity index is 547. The molecule has 0 bridgehead atoms. The summed E-state index contributed by atoms with van der Waals surface area (Å²) in [6.45, 7) is -1.00. The molecule has 3 rings (SSSR count). The van der Waals surface area contributed by atoms with Crippen molar-refractivity contribution in [1.82, 2.24) is 5.32 Å².